The van der Waals surface area contributed by atoms with Gasteiger partial charge in [0.2, 0.25) is 12.0 Å². The summed E-state index contributed by atoms with van der Waals surface area (Å²) < 4.78 is 11.5. The highest BCUT2D eigenvalue weighted by Crippen LogP contribution is 2.31. The third kappa shape index (κ3) is 4.63. The van der Waals surface area contributed by atoms with Gasteiger partial charge in [0.1, 0.15) is 6.61 Å². The molecule has 2 aliphatic rings. The Balaban J connectivity index is 1.26. The zero-order valence-electron chi connectivity index (χ0n) is 15.8. The van der Waals surface area contributed by atoms with Crippen molar-refractivity contribution in [3.05, 3.63) is 53.6 Å². The number of nitrogens with one attached hydrogen (secondary N) is 1. The second kappa shape index (κ2) is 8.71. The number of carbonyl (C=O) groups is 2. The second-order valence-electron chi connectivity index (χ2n) is 6.99. The minimum absolute atomic E-state index is 0.0836. The molecule has 7 nitrogen and oxygen atoms in total. The first-order chi connectivity index (χ1) is 14.1. The summed E-state index contributed by atoms with van der Waals surface area (Å²) in [5.74, 6) is 1.04. The molecule has 1 fully saturated rings. The monoisotopic (exact) mass is 415 g/mol. The van der Waals surface area contributed by atoms with Crippen LogP contribution >= 0.6 is 11.6 Å². The van der Waals surface area contributed by atoms with E-state index >= 15 is 0 Å². The molecule has 0 radical (unpaired) electrons. The lowest BCUT2D eigenvalue weighted by Gasteiger charge is -2.36. The highest BCUT2D eigenvalue weighted by atomic mass is 35.5. The summed E-state index contributed by atoms with van der Waals surface area (Å²) in [6, 6.07) is 14.5. The topological polar surface area (TPSA) is 71.1 Å². The maximum Gasteiger partial charge on any atom is 0.267 e. The number of fused-ring (bicyclic) bond motifs is 1. The van der Waals surface area contributed by atoms with E-state index in [1.54, 1.807) is 23.1 Å². The van der Waals surface area contributed by atoms with E-state index < -0.39 is 6.10 Å². The highest BCUT2D eigenvalue weighted by molar-refractivity contribution is 6.33. The number of hydrogen-bond acceptors (Lipinski definition) is 5. The van der Waals surface area contributed by atoms with Gasteiger partial charge in [-0.25, -0.2) is 0 Å². The van der Waals surface area contributed by atoms with Gasteiger partial charge >= 0.3 is 0 Å². The fraction of sp³-hybridized carbons (Fsp3) is 0.333. The third-order valence-corrected chi connectivity index (χ3v) is 5.31. The molecule has 2 aliphatic heterocycles. The summed E-state index contributed by atoms with van der Waals surface area (Å²) in [6.45, 7) is 2.77. The molecule has 4 rings (SSSR count). The number of anilines is 1. The van der Waals surface area contributed by atoms with E-state index in [1.807, 2.05) is 35.2 Å². The second-order valence-corrected chi connectivity index (χ2v) is 7.40. The predicted molar refractivity (Wildman–Crippen MR) is 109 cm³/mol. The first-order valence-corrected chi connectivity index (χ1v) is 9.92. The minimum atomic E-state index is -0.639. The maximum absolute atomic E-state index is 12.8. The summed E-state index contributed by atoms with van der Waals surface area (Å²) in [5, 5.41) is 3.33. The number of halogens is 1. The fourth-order valence-corrected chi connectivity index (χ4v) is 3.61. The molecule has 2 heterocycles. The van der Waals surface area contributed by atoms with Gasteiger partial charge in [0.25, 0.3) is 5.91 Å². The Labute approximate surface area is 174 Å². The van der Waals surface area contributed by atoms with E-state index in [-0.39, 0.29) is 25.0 Å². The number of carbonyl (C=O) groups excluding carboxylic acids is 2. The van der Waals surface area contributed by atoms with Crippen molar-refractivity contribution in [1.82, 2.24) is 9.80 Å². The van der Waals surface area contributed by atoms with Gasteiger partial charge in [-0.3, -0.25) is 14.5 Å². The smallest absolute Gasteiger partial charge is 0.267 e. The number of hydrogen-bond donors (Lipinski definition) is 1. The first-order valence-electron chi connectivity index (χ1n) is 9.54. The van der Waals surface area contributed by atoms with Crippen LogP contribution in [0.5, 0.6) is 11.5 Å². The van der Waals surface area contributed by atoms with E-state index in [2.05, 4.69) is 5.32 Å². The average molecular weight is 416 g/mol. The van der Waals surface area contributed by atoms with Gasteiger partial charge < -0.3 is 19.7 Å². The zero-order chi connectivity index (χ0) is 20.2. The van der Waals surface area contributed by atoms with Crippen LogP contribution in [0, 0.1) is 0 Å². The van der Waals surface area contributed by atoms with Gasteiger partial charge in [0, 0.05) is 26.2 Å². The molecule has 0 unspecified atom stereocenters. The summed E-state index contributed by atoms with van der Waals surface area (Å²) in [6.07, 6.45) is -0.639. The molecule has 0 aromatic heterocycles. The van der Waals surface area contributed by atoms with Crippen LogP contribution in [0.25, 0.3) is 0 Å². The van der Waals surface area contributed by atoms with Crippen LogP contribution in [0.2, 0.25) is 5.02 Å². The predicted octanol–water partition coefficient (Wildman–Crippen LogP) is 2.26. The van der Waals surface area contributed by atoms with Gasteiger partial charge in [-0.05, 0) is 24.3 Å². The summed E-state index contributed by atoms with van der Waals surface area (Å²) in [5.41, 5.74) is 0.600. The highest BCUT2D eigenvalue weighted by Gasteiger charge is 2.32. The zero-order valence-corrected chi connectivity index (χ0v) is 16.6. The van der Waals surface area contributed by atoms with Crippen LogP contribution in [0.3, 0.4) is 0 Å². The number of piperazine rings is 1. The molecule has 8 heteroatoms. The number of ether oxygens (including phenoxy) is 2. The molecule has 152 valence electrons. The largest absolute Gasteiger partial charge is 0.485 e. The van der Waals surface area contributed by atoms with Crippen molar-refractivity contribution in [3.8, 4) is 11.5 Å². The van der Waals surface area contributed by atoms with Crippen molar-refractivity contribution in [2.75, 3.05) is 44.6 Å². The molecule has 1 saturated heterocycles. The summed E-state index contributed by atoms with van der Waals surface area (Å²) in [7, 11) is 0. The van der Waals surface area contributed by atoms with Crippen molar-refractivity contribution >= 4 is 29.1 Å². The molecule has 2 amide bonds. The van der Waals surface area contributed by atoms with Crippen molar-refractivity contribution in [1.29, 1.82) is 0 Å². The molecule has 29 heavy (non-hydrogen) atoms. The fourth-order valence-electron chi connectivity index (χ4n) is 3.43. The molecular weight excluding hydrogens is 394 g/mol. The number of amides is 2. The standard InChI is InChI=1S/C21H22ClN3O4/c22-15-5-1-2-6-16(15)23-20(26)13-24-9-11-25(12-10-24)21(27)19-14-28-17-7-3-4-8-18(17)29-19/h1-8,19H,9-14H2,(H,23,26)/t19-/m1/s1. The van der Waals surface area contributed by atoms with E-state index in [4.69, 9.17) is 21.1 Å². The van der Waals surface area contributed by atoms with Gasteiger partial charge in [-0.15, -0.1) is 0 Å². The summed E-state index contributed by atoms with van der Waals surface area (Å²) in [4.78, 5) is 28.8. The normalized spacial score (nSPS) is 18.9. The molecule has 2 aromatic rings. The number of benzene rings is 2. The van der Waals surface area contributed by atoms with E-state index in [0.717, 1.165) is 0 Å². The van der Waals surface area contributed by atoms with Gasteiger partial charge in [0.15, 0.2) is 11.5 Å². The van der Waals surface area contributed by atoms with Crippen LogP contribution in [-0.4, -0.2) is 67.0 Å². The third-order valence-electron chi connectivity index (χ3n) is 4.98. The molecule has 1 atom stereocenters. The average Bonchev–Trinajstić information content (AvgIpc) is 2.75. The van der Waals surface area contributed by atoms with E-state index in [0.29, 0.717) is 48.4 Å². The lowest BCUT2D eigenvalue weighted by atomic mass is 10.2. The Bertz CT molecular complexity index is 899. The molecule has 2 aromatic carbocycles. The SMILES string of the molecule is O=C(CN1CCN(C(=O)[C@H]2COc3ccccc3O2)CC1)Nc1ccccc1Cl. The van der Waals surface area contributed by atoms with Crippen molar-refractivity contribution in [2.45, 2.75) is 6.10 Å². The lowest BCUT2D eigenvalue weighted by Crippen LogP contribution is -2.54. The quantitative estimate of drug-likeness (QED) is 0.829. The van der Waals surface area contributed by atoms with E-state index in [1.165, 1.54) is 0 Å². The Morgan fingerprint density at radius 2 is 1.69 bits per heavy atom. The minimum Gasteiger partial charge on any atom is -0.485 e. The van der Waals surface area contributed by atoms with Crippen molar-refractivity contribution in [3.63, 3.8) is 0 Å². The van der Waals surface area contributed by atoms with Gasteiger partial charge in [0.05, 0.1) is 17.3 Å². The molecular formula is C21H22ClN3O4. The Kier molecular flexibility index (Phi) is 5.87. The van der Waals surface area contributed by atoms with Crippen LogP contribution in [0.4, 0.5) is 5.69 Å². The van der Waals surface area contributed by atoms with Crippen LogP contribution < -0.4 is 14.8 Å². The first kappa shape index (κ1) is 19.5. The van der Waals surface area contributed by atoms with Crippen molar-refractivity contribution in [2.24, 2.45) is 0 Å². The number of rotatable bonds is 4. The number of nitrogens with zero attached hydrogens (tertiary/aromatic N) is 2. The maximum atomic E-state index is 12.8. The molecule has 0 saturated carbocycles. The molecule has 0 spiro atoms. The molecule has 0 aliphatic carbocycles. The Morgan fingerprint density at radius 1 is 1.00 bits per heavy atom. The summed E-state index contributed by atoms with van der Waals surface area (Å²) >= 11 is 6.08. The molecule has 1 N–H and O–H groups in total. The number of para-hydroxylation sites is 3. The van der Waals surface area contributed by atoms with Crippen LogP contribution in [-0.2, 0) is 9.59 Å². The lowest BCUT2D eigenvalue weighted by molar-refractivity contribution is -0.143. The van der Waals surface area contributed by atoms with Crippen LogP contribution in [0.15, 0.2) is 48.5 Å². The van der Waals surface area contributed by atoms with Gasteiger partial charge in [-0.1, -0.05) is 35.9 Å². The van der Waals surface area contributed by atoms with E-state index in [9.17, 15) is 9.59 Å². The Hall–Kier alpha value is -2.77. The van der Waals surface area contributed by atoms with Gasteiger partial charge in [-0.2, -0.15) is 0 Å². The molecule has 0 bridgehead atoms. The van der Waals surface area contributed by atoms with Crippen LogP contribution in [0.1, 0.15) is 0 Å². The van der Waals surface area contributed by atoms with Crippen molar-refractivity contribution < 1.29 is 19.1 Å². The Morgan fingerprint density at radius 3 is 2.45 bits per heavy atom.